The van der Waals surface area contributed by atoms with Crippen LogP contribution in [0, 0.1) is 5.92 Å². The van der Waals surface area contributed by atoms with Crippen LogP contribution in [0.2, 0.25) is 0 Å². The summed E-state index contributed by atoms with van der Waals surface area (Å²) in [4.78, 5) is 14.1. The molecule has 2 aliphatic rings. The molecule has 0 saturated carbocycles. The zero-order chi connectivity index (χ0) is 13.0. The Bertz CT molecular complexity index is 282. The summed E-state index contributed by atoms with van der Waals surface area (Å²) < 4.78 is 11.0. The fourth-order valence-electron chi connectivity index (χ4n) is 2.98. The van der Waals surface area contributed by atoms with Crippen molar-refractivity contribution in [1.29, 1.82) is 0 Å². The number of likely N-dealkylation sites (tertiary alicyclic amines) is 1. The summed E-state index contributed by atoms with van der Waals surface area (Å²) in [7, 11) is 0. The minimum Gasteiger partial charge on any atom is -0.466 e. The first kappa shape index (κ1) is 13.8. The van der Waals surface area contributed by atoms with E-state index in [-0.39, 0.29) is 11.9 Å². The fraction of sp³-hybridized carbons (Fsp3) is 0.929. The van der Waals surface area contributed by atoms with Crippen molar-refractivity contribution in [3.63, 3.8) is 0 Å². The van der Waals surface area contributed by atoms with Gasteiger partial charge in [-0.2, -0.15) is 0 Å². The Morgan fingerprint density at radius 3 is 2.89 bits per heavy atom. The van der Waals surface area contributed by atoms with E-state index < -0.39 is 0 Å². The van der Waals surface area contributed by atoms with Gasteiger partial charge in [0.25, 0.3) is 0 Å². The molecule has 0 aromatic rings. The van der Waals surface area contributed by atoms with E-state index in [0.29, 0.717) is 18.8 Å². The molecule has 18 heavy (non-hydrogen) atoms. The highest BCUT2D eigenvalue weighted by atomic mass is 16.5. The van der Waals surface area contributed by atoms with E-state index in [4.69, 9.17) is 9.47 Å². The van der Waals surface area contributed by atoms with Crippen molar-refractivity contribution in [3.8, 4) is 0 Å². The predicted octanol–water partition coefficient (Wildman–Crippen LogP) is 1.83. The minimum absolute atomic E-state index is 0.0251. The van der Waals surface area contributed by atoms with Crippen LogP contribution in [0.4, 0.5) is 0 Å². The highest BCUT2D eigenvalue weighted by Gasteiger charge is 2.30. The summed E-state index contributed by atoms with van der Waals surface area (Å²) in [5.74, 6) is 0.0421. The lowest BCUT2D eigenvalue weighted by atomic mass is 9.98. The molecular formula is C14H25NO3. The molecule has 0 radical (unpaired) electrons. The second kappa shape index (κ2) is 6.53. The summed E-state index contributed by atoms with van der Waals surface area (Å²) in [5, 5.41) is 0. The molecule has 0 N–H and O–H groups in total. The molecule has 3 atom stereocenters. The molecule has 4 nitrogen and oxygen atoms in total. The van der Waals surface area contributed by atoms with E-state index in [1.807, 2.05) is 6.92 Å². The highest BCUT2D eigenvalue weighted by molar-refractivity contribution is 5.72. The number of piperidine rings is 1. The van der Waals surface area contributed by atoms with Gasteiger partial charge in [0.1, 0.15) is 0 Å². The largest absolute Gasteiger partial charge is 0.466 e. The monoisotopic (exact) mass is 255 g/mol. The lowest BCUT2D eigenvalue weighted by Crippen LogP contribution is -2.42. The number of hydrogen-bond donors (Lipinski definition) is 0. The van der Waals surface area contributed by atoms with E-state index in [1.165, 1.54) is 6.42 Å². The normalized spacial score (nSPS) is 33.6. The average molecular weight is 255 g/mol. The number of esters is 1. The first-order valence-electron chi connectivity index (χ1n) is 7.23. The third-order valence-electron chi connectivity index (χ3n) is 3.91. The first-order valence-corrected chi connectivity index (χ1v) is 7.23. The number of carbonyl (C=O) groups excluding carboxylic acids is 1. The summed E-state index contributed by atoms with van der Waals surface area (Å²) in [6.45, 7) is 7.39. The molecule has 2 saturated heterocycles. The predicted molar refractivity (Wildman–Crippen MR) is 69.4 cm³/mol. The van der Waals surface area contributed by atoms with Gasteiger partial charge in [-0.1, -0.05) is 0 Å². The van der Waals surface area contributed by atoms with Crippen LogP contribution in [0.3, 0.4) is 0 Å². The lowest BCUT2D eigenvalue weighted by Gasteiger charge is -2.32. The van der Waals surface area contributed by atoms with Crippen LogP contribution in [0.5, 0.6) is 0 Å². The van der Waals surface area contributed by atoms with Crippen LogP contribution in [0.15, 0.2) is 0 Å². The number of ether oxygens (including phenoxy) is 2. The van der Waals surface area contributed by atoms with E-state index >= 15 is 0 Å². The lowest BCUT2D eigenvalue weighted by molar-refractivity contribution is -0.150. The molecule has 0 aliphatic carbocycles. The number of rotatable bonds is 4. The molecule has 0 amide bonds. The standard InChI is InChI=1S/C14H25NO3/c1-3-17-14(16)12-5-4-8-15(9-12)10-13-7-6-11(2)18-13/h11-13H,3-10H2,1-2H3. The molecule has 2 aliphatic heterocycles. The molecule has 2 heterocycles. The third kappa shape index (κ3) is 3.69. The van der Waals surface area contributed by atoms with Crippen molar-refractivity contribution in [2.24, 2.45) is 5.92 Å². The zero-order valence-electron chi connectivity index (χ0n) is 11.6. The van der Waals surface area contributed by atoms with Gasteiger partial charge in [-0.15, -0.1) is 0 Å². The summed E-state index contributed by atoms with van der Waals surface area (Å²) in [5.41, 5.74) is 0. The van der Waals surface area contributed by atoms with Crippen LogP contribution in [0.25, 0.3) is 0 Å². The van der Waals surface area contributed by atoms with Gasteiger partial charge in [0.15, 0.2) is 0 Å². The quantitative estimate of drug-likeness (QED) is 0.718. The van der Waals surface area contributed by atoms with Crippen LogP contribution in [-0.4, -0.2) is 49.3 Å². The van der Waals surface area contributed by atoms with Crippen molar-refractivity contribution in [2.75, 3.05) is 26.2 Å². The van der Waals surface area contributed by atoms with Gasteiger partial charge in [-0.3, -0.25) is 9.69 Å². The van der Waals surface area contributed by atoms with E-state index in [2.05, 4.69) is 11.8 Å². The fourth-order valence-corrected chi connectivity index (χ4v) is 2.98. The molecule has 2 fully saturated rings. The molecule has 2 rings (SSSR count). The van der Waals surface area contributed by atoms with Crippen molar-refractivity contribution in [1.82, 2.24) is 4.90 Å². The van der Waals surface area contributed by atoms with Crippen LogP contribution >= 0.6 is 0 Å². The molecular weight excluding hydrogens is 230 g/mol. The smallest absolute Gasteiger partial charge is 0.310 e. The van der Waals surface area contributed by atoms with Gasteiger partial charge in [-0.05, 0) is 46.1 Å². The maximum Gasteiger partial charge on any atom is 0.310 e. The van der Waals surface area contributed by atoms with Crippen LogP contribution in [-0.2, 0) is 14.3 Å². The summed E-state index contributed by atoms with van der Waals surface area (Å²) >= 11 is 0. The second-order valence-corrected chi connectivity index (χ2v) is 5.50. The van der Waals surface area contributed by atoms with Gasteiger partial charge >= 0.3 is 5.97 Å². The summed E-state index contributed by atoms with van der Waals surface area (Å²) in [6.07, 6.45) is 5.14. The first-order chi connectivity index (χ1) is 8.69. The van der Waals surface area contributed by atoms with Gasteiger partial charge in [-0.25, -0.2) is 0 Å². The maximum atomic E-state index is 11.8. The Balaban J connectivity index is 1.77. The molecule has 0 aromatic heterocycles. The maximum absolute atomic E-state index is 11.8. The van der Waals surface area contributed by atoms with E-state index in [0.717, 1.165) is 38.9 Å². The Hall–Kier alpha value is -0.610. The molecule has 4 heteroatoms. The second-order valence-electron chi connectivity index (χ2n) is 5.50. The topological polar surface area (TPSA) is 38.8 Å². The van der Waals surface area contributed by atoms with Crippen LogP contribution in [0.1, 0.15) is 39.5 Å². The Labute approximate surface area is 110 Å². The number of hydrogen-bond acceptors (Lipinski definition) is 4. The zero-order valence-corrected chi connectivity index (χ0v) is 11.6. The van der Waals surface area contributed by atoms with E-state index in [1.54, 1.807) is 0 Å². The Morgan fingerprint density at radius 2 is 2.22 bits per heavy atom. The third-order valence-corrected chi connectivity index (χ3v) is 3.91. The van der Waals surface area contributed by atoms with Gasteiger partial charge in [0.2, 0.25) is 0 Å². The number of nitrogens with zero attached hydrogens (tertiary/aromatic N) is 1. The Kier molecular flexibility index (Phi) is 5.01. The average Bonchev–Trinajstić information content (AvgIpc) is 2.75. The van der Waals surface area contributed by atoms with Crippen molar-refractivity contribution in [3.05, 3.63) is 0 Å². The molecule has 104 valence electrons. The Morgan fingerprint density at radius 1 is 1.39 bits per heavy atom. The molecule has 0 spiro atoms. The number of carbonyl (C=O) groups is 1. The van der Waals surface area contributed by atoms with Gasteiger partial charge < -0.3 is 9.47 Å². The van der Waals surface area contributed by atoms with Gasteiger partial charge in [0, 0.05) is 13.1 Å². The summed E-state index contributed by atoms with van der Waals surface area (Å²) in [6, 6.07) is 0. The highest BCUT2D eigenvalue weighted by Crippen LogP contribution is 2.23. The minimum atomic E-state index is -0.0251. The van der Waals surface area contributed by atoms with Crippen molar-refractivity contribution < 1.29 is 14.3 Å². The SMILES string of the molecule is CCOC(=O)C1CCCN(CC2CCC(C)O2)C1. The molecule has 3 unspecified atom stereocenters. The van der Waals surface area contributed by atoms with Crippen LogP contribution < -0.4 is 0 Å². The van der Waals surface area contributed by atoms with Crippen molar-refractivity contribution >= 4 is 5.97 Å². The van der Waals surface area contributed by atoms with Crippen molar-refractivity contribution in [2.45, 2.75) is 51.7 Å². The van der Waals surface area contributed by atoms with Gasteiger partial charge in [0.05, 0.1) is 24.7 Å². The molecule has 0 aromatic carbocycles. The van der Waals surface area contributed by atoms with E-state index in [9.17, 15) is 4.79 Å². The molecule has 0 bridgehead atoms.